The topological polar surface area (TPSA) is 23.5 Å². The minimum absolute atomic E-state index is 0.173. The van der Waals surface area contributed by atoms with Crippen molar-refractivity contribution in [2.45, 2.75) is 104 Å². The Labute approximate surface area is 178 Å². The van der Waals surface area contributed by atoms with E-state index in [0.29, 0.717) is 10.8 Å². The molecule has 29 heavy (non-hydrogen) atoms. The number of piperidine rings is 1. The van der Waals surface area contributed by atoms with Crippen LogP contribution in [0.1, 0.15) is 85.5 Å². The number of hydrogen-bond donors (Lipinski definition) is 1. The Morgan fingerprint density at radius 1 is 0.966 bits per heavy atom. The molecule has 0 bridgehead atoms. The first-order valence-corrected chi connectivity index (χ1v) is 13.0. The number of fused-ring (bicyclic) bond motifs is 9. The largest absolute Gasteiger partial charge is 0.389 e. The summed E-state index contributed by atoms with van der Waals surface area (Å²) in [6.45, 7) is 11.8. The smallest absolute Gasteiger partial charge is 0.0724 e. The Kier molecular flexibility index (Phi) is 4.23. The minimum atomic E-state index is -0.173. The molecule has 162 valence electrons. The van der Waals surface area contributed by atoms with Crippen LogP contribution in [0.15, 0.2) is 11.6 Å². The van der Waals surface area contributed by atoms with Crippen molar-refractivity contribution in [1.29, 1.82) is 0 Å². The van der Waals surface area contributed by atoms with Gasteiger partial charge in [-0.05, 0) is 104 Å². The molecule has 1 N–H and O–H groups in total. The molecule has 2 aliphatic heterocycles. The van der Waals surface area contributed by atoms with Crippen molar-refractivity contribution in [2.24, 2.45) is 46.3 Å². The van der Waals surface area contributed by atoms with E-state index in [4.69, 9.17) is 0 Å². The fourth-order valence-corrected chi connectivity index (χ4v) is 10.4. The van der Waals surface area contributed by atoms with Gasteiger partial charge < -0.3 is 5.11 Å². The van der Waals surface area contributed by atoms with Crippen molar-refractivity contribution in [2.75, 3.05) is 6.54 Å². The standard InChI is InChI=1S/C27H43NO/c1-16-5-8-23-17(2)25-24(28(23)15-16)14-22-20-7-6-18-13-19(29)9-11-26(18,3)21(20)10-12-27(22,25)4/h13,16-17,19-25,29H,5-12,14-15H2,1-4H3/t16-,17+,19-,20+,21-,22-,23+,24-,25-,26-,27-/m0/s1. The fourth-order valence-electron chi connectivity index (χ4n) is 10.4. The third-order valence-corrected chi connectivity index (χ3v) is 11.7. The number of rotatable bonds is 0. The van der Waals surface area contributed by atoms with Crippen LogP contribution >= 0.6 is 0 Å². The van der Waals surface area contributed by atoms with Gasteiger partial charge in [0.2, 0.25) is 0 Å². The van der Waals surface area contributed by atoms with Crippen LogP contribution in [0.4, 0.5) is 0 Å². The summed E-state index contributed by atoms with van der Waals surface area (Å²) in [5, 5.41) is 10.2. The maximum atomic E-state index is 10.2. The molecule has 4 aliphatic carbocycles. The fraction of sp³-hybridized carbons (Fsp3) is 0.926. The van der Waals surface area contributed by atoms with Crippen LogP contribution < -0.4 is 0 Å². The van der Waals surface area contributed by atoms with Gasteiger partial charge in [0, 0.05) is 18.6 Å². The van der Waals surface area contributed by atoms with Crippen LogP contribution in [0.5, 0.6) is 0 Å². The quantitative estimate of drug-likeness (QED) is 0.534. The summed E-state index contributed by atoms with van der Waals surface area (Å²) in [5.74, 6) is 5.50. The molecule has 5 fully saturated rings. The average molecular weight is 398 g/mol. The average Bonchev–Trinajstić information content (AvgIpc) is 3.15. The highest BCUT2D eigenvalue weighted by Gasteiger charge is 2.66. The van der Waals surface area contributed by atoms with Gasteiger partial charge in [-0.15, -0.1) is 0 Å². The molecule has 0 spiro atoms. The Morgan fingerprint density at radius 3 is 2.62 bits per heavy atom. The summed E-state index contributed by atoms with van der Waals surface area (Å²) in [5.41, 5.74) is 2.59. The van der Waals surface area contributed by atoms with Crippen LogP contribution in [0.25, 0.3) is 0 Å². The number of aliphatic hydroxyl groups is 1. The van der Waals surface area contributed by atoms with E-state index in [0.717, 1.165) is 54.0 Å². The third-order valence-electron chi connectivity index (χ3n) is 11.7. The zero-order valence-corrected chi connectivity index (χ0v) is 19.2. The normalized spacial score (nSPS) is 59.2. The first kappa shape index (κ1) is 19.4. The lowest BCUT2D eigenvalue weighted by atomic mass is 9.46. The van der Waals surface area contributed by atoms with E-state index in [1.54, 1.807) is 5.57 Å². The van der Waals surface area contributed by atoms with E-state index in [9.17, 15) is 5.11 Å². The Hall–Kier alpha value is -0.340. The first-order valence-electron chi connectivity index (χ1n) is 13.0. The zero-order chi connectivity index (χ0) is 20.1. The summed E-state index contributed by atoms with van der Waals surface area (Å²) >= 11 is 0. The van der Waals surface area contributed by atoms with Gasteiger partial charge in [0.05, 0.1) is 6.10 Å². The Morgan fingerprint density at radius 2 is 1.79 bits per heavy atom. The Bertz CT molecular complexity index is 715. The molecule has 0 amide bonds. The van der Waals surface area contributed by atoms with Crippen molar-refractivity contribution in [3.05, 3.63) is 11.6 Å². The van der Waals surface area contributed by atoms with Crippen LogP contribution in [0.3, 0.4) is 0 Å². The molecule has 0 unspecified atom stereocenters. The monoisotopic (exact) mass is 397 g/mol. The molecule has 0 radical (unpaired) electrons. The summed E-state index contributed by atoms with van der Waals surface area (Å²) in [6.07, 6.45) is 14.3. The number of hydrogen-bond acceptors (Lipinski definition) is 2. The van der Waals surface area contributed by atoms with Gasteiger partial charge in [-0.25, -0.2) is 0 Å². The predicted molar refractivity (Wildman–Crippen MR) is 118 cm³/mol. The van der Waals surface area contributed by atoms with Crippen LogP contribution in [0.2, 0.25) is 0 Å². The van der Waals surface area contributed by atoms with Crippen molar-refractivity contribution in [3.8, 4) is 0 Å². The molecule has 11 atom stereocenters. The van der Waals surface area contributed by atoms with Crippen LogP contribution in [-0.4, -0.2) is 34.7 Å². The first-order chi connectivity index (χ1) is 13.8. The highest BCUT2D eigenvalue weighted by atomic mass is 16.3. The number of nitrogens with zero attached hydrogens (tertiary/aromatic N) is 1. The van der Waals surface area contributed by atoms with Gasteiger partial charge in [-0.2, -0.15) is 0 Å². The highest BCUT2D eigenvalue weighted by Crippen LogP contribution is 2.70. The van der Waals surface area contributed by atoms with E-state index in [1.807, 2.05) is 0 Å². The highest BCUT2D eigenvalue weighted by molar-refractivity contribution is 5.26. The van der Waals surface area contributed by atoms with Crippen molar-refractivity contribution >= 4 is 0 Å². The summed E-state index contributed by atoms with van der Waals surface area (Å²) in [6, 6.07) is 1.76. The zero-order valence-electron chi connectivity index (χ0n) is 19.2. The molecule has 2 saturated heterocycles. The van der Waals surface area contributed by atoms with E-state index in [-0.39, 0.29) is 6.10 Å². The molecule has 2 heterocycles. The van der Waals surface area contributed by atoms with Gasteiger partial charge in [-0.3, -0.25) is 4.90 Å². The van der Waals surface area contributed by atoms with E-state index < -0.39 is 0 Å². The molecule has 0 aromatic heterocycles. The van der Waals surface area contributed by atoms with E-state index in [1.165, 1.54) is 57.9 Å². The van der Waals surface area contributed by atoms with E-state index in [2.05, 4.69) is 38.7 Å². The molecular formula is C27H43NO. The van der Waals surface area contributed by atoms with Crippen molar-refractivity contribution < 1.29 is 5.11 Å². The van der Waals surface area contributed by atoms with Gasteiger partial charge in [0.1, 0.15) is 0 Å². The third kappa shape index (κ3) is 2.48. The second-order valence-corrected chi connectivity index (χ2v) is 12.8. The molecule has 0 aromatic rings. The molecule has 6 rings (SSSR count). The lowest BCUT2D eigenvalue weighted by Gasteiger charge is -2.59. The predicted octanol–water partition coefficient (Wildman–Crippen LogP) is 5.66. The summed E-state index contributed by atoms with van der Waals surface area (Å²) in [4.78, 5) is 3.02. The number of aliphatic hydroxyl groups excluding tert-OH is 1. The molecular weight excluding hydrogens is 354 g/mol. The van der Waals surface area contributed by atoms with Gasteiger partial charge in [-0.1, -0.05) is 39.3 Å². The van der Waals surface area contributed by atoms with Crippen molar-refractivity contribution in [3.63, 3.8) is 0 Å². The van der Waals surface area contributed by atoms with Gasteiger partial charge in [0.25, 0.3) is 0 Å². The summed E-state index contributed by atoms with van der Waals surface area (Å²) in [7, 11) is 0. The molecule has 6 aliphatic rings. The van der Waals surface area contributed by atoms with Crippen molar-refractivity contribution in [1.82, 2.24) is 4.90 Å². The second-order valence-electron chi connectivity index (χ2n) is 12.8. The lowest BCUT2D eigenvalue weighted by Crippen LogP contribution is -2.51. The van der Waals surface area contributed by atoms with Crippen LogP contribution in [-0.2, 0) is 0 Å². The molecule has 0 aromatic carbocycles. The maximum Gasteiger partial charge on any atom is 0.0724 e. The van der Waals surface area contributed by atoms with Crippen LogP contribution in [0, 0.1) is 46.3 Å². The maximum absolute atomic E-state index is 10.2. The second kappa shape index (κ2) is 6.35. The number of allylic oxidation sites excluding steroid dienone is 1. The minimum Gasteiger partial charge on any atom is -0.389 e. The van der Waals surface area contributed by atoms with Gasteiger partial charge >= 0.3 is 0 Å². The van der Waals surface area contributed by atoms with Gasteiger partial charge in [0.15, 0.2) is 0 Å². The SMILES string of the molecule is C[C@H]1CC[C@@H]2[C@@H](C)[C@H]3[C@H](C[C@H]4[C@@H]5CCC6=C[C@@H](O)CC[C@]6(C)[C@H]5CC[C@]34C)N2C1. The molecule has 2 heteroatoms. The lowest BCUT2D eigenvalue weighted by molar-refractivity contribution is -0.0629. The molecule has 3 saturated carbocycles. The summed E-state index contributed by atoms with van der Waals surface area (Å²) < 4.78 is 0. The molecule has 2 nitrogen and oxygen atoms in total. The van der Waals surface area contributed by atoms with E-state index >= 15 is 0 Å². The Balaban J connectivity index is 1.32.